The van der Waals surface area contributed by atoms with E-state index in [-0.39, 0.29) is 0 Å². The second-order valence-electron chi connectivity index (χ2n) is 11.3. The summed E-state index contributed by atoms with van der Waals surface area (Å²) in [6.07, 6.45) is 9.22. The number of para-hydroxylation sites is 2. The van der Waals surface area contributed by atoms with Crippen molar-refractivity contribution in [3.63, 3.8) is 0 Å². The fourth-order valence-corrected chi connectivity index (χ4v) is 7.66. The molecule has 1 heteroatoms. The van der Waals surface area contributed by atoms with Crippen molar-refractivity contribution < 1.29 is 0 Å². The summed E-state index contributed by atoms with van der Waals surface area (Å²) in [6, 6.07) is 40.7. The number of rotatable bonds is 2. The van der Waals surface area contributed by atoms with E-state index in [1.807, 2.05) is 0 Å². The Balaban J connectivity index is 1.23. The Kier molecular flexibility index (Phi) is 4.34. The molecule has 1 heterocycles. The molecule has 184 valence electrons. The van der Waals surface area contributed by atoms with Crippen LogP contribution in [0.2, 0.25) is 0 Å². The first kappa shape index (κ1) is 21.3. The second-order valence-corrected chi connectivity index (χ2v) is 11.3. The Labute approximate surface area is 228 Å². The topological polar surface area (TPSA) is 4.93 Å². The zero-order valence-electron chi connectivity index (χ0n) is 21.6. The van der Waals surface area contributed by atoms with Crippen LogP contribution in [0, 0.1) is 5.92 Å². The van der Waals surface area contributed by atoms with E-state index >= 15 is 0 Å². The Hall–Kier alpha value is -4.62. The average molecular weight is 498 g/mol. The largest absolute Gasteiger partial charge is 0.309 e. The molecular formula is C38H27N. The quantitative estimate of drug-likeness (QED) is 0.224. The number of fused-ring (bicyclic) bond motifs is 9. The van der Waals surface area contributed by atoms with Crippen molar-refractivity contribution in [2.45, 2.75) is 18.8 Å². The molecule has 2 atom stereocenters. The highest BCUT2D eigenvalue weighted by Gasteiger charge is 2.36. The smallest absolute Gasteiger partial charge is 0.0541 e. The molecule has 3 aliphatic rings. The summed E-state index contributed by atoms with van der Waals surface area (Å²) < 4.78 is 2.44. The third kappa shape index (κ3) is 2.96. The minimum Gasteiger partial charge on any atom is -0.309 e. The molecule has 2 unspecified atom stereocenters. The first-order chi connectivity index (χ1) is 19.3. The lowest BCUT2D eigenvalue weighted by atomic mass is 9.78. The Morgan fingerprint density at radius 2 is 1.36 bits per heavy atom. The number of hydrogen-bond acceptors (Lipinski definition) is 0. The molecule has 39 heavy (non-hydrogen) atoms. The van der Waals surface area contributed by atoms with Crippen molar-refractivity contribution in [3.05, 3.63) is 155 Å². The van der Waals surface area contributed by atoms with Gasteiger partial charge in [-0.15, -0.1) is 0 Å². The van der Waals surface area contributed by atoms with Gasteiger partial charge in [0.05, 0.1) is 11.0 Å². The van der Waals surface area contributed by atoms with E-state index in [9.17, 15) is 0 Å². The molecule has 9 rings (SSSR count). The molecule has 0 saturated carbocycles. The third-order valence-corrected chi connectivity index (χ3v) is 9.32. The van der Waals surface area contributed by atoms with E-state index in [0.717, 1.165) is 12.8 Å². The van der Waals surface area contributed by atoms with Gasteiger partial charge in [0.2, 0.25) is 0 Å². The van der Waals surface area contributed by atoms with Crippen LogP contribution in [0.15, 0.2) is 127 Å². The van der Waals surface area contributed by atoms with Crippen LogP contribution in [0.1, 0.15) is 33.7 Å². The molecule has 5 aromatic carbocycles. The molecule has 0 spiro atoms. The first-order valence-corrected chi connectivity index (χ1v) is 14.1. The molecular weight excluding hydrogens is 470 g/mol. The normalized spacial score (nSPS) is 18.6. The van der Waals surface area contributed by atoms with Gasteiger partial charge in [-0.3, -0.25) is 0 Å². The third-order valence-electron chi connectivity index (χ3n) is 9.32. The Morgan fingerprint density at radius 1 is 0.615 bits per heavy atom. The number of benzene rings is 5. The number of allylic oxidation sites excluding steroid dienone is 4. The van der Waals surface area contributed by atoms with Gasteiger partial charge in [-0.05, 0) is 87.5 Å². The van der Waals surface area contributed by atoms with Crippen LogP contribution in [0.3, 0.4) is 0 Å². The summed E-state index contributed by atoms with van der Waals surface area (Å²) in [4.78, 5) is 0. The van der Waals surface area contributed by atoms with E-state index in [2.05, 4.69) is 132 Å². The molecule has 0 bridgehead atoms. The van der Waals surface area contributed by atoms with Gasteiger partial charge in [-0.25, -0.2) is 0 Å². The number of nitrogens with zero attached hydrogens (tertiary/aromatic N) is 1. The zero-order chi connectivity index (χ0) is 25.5. The van der Waals surface area contributed by atoms with Crippen LogP contribution in [0.4, 0.5) is 0 Å². The van der Waals surface area contributed by atoms with Crippen molar-refractivity contribution in [1.29, 1.82) is 0 Å². The predicted molar refractivity (Wildman–Crippen MR) is 163 cm³/mol. The molecule has 0 radical (unpaired) electrons. The molecule has 0 amide bonds. The molecule has 3 aliphatic carbocycles. The van der Waals surface area contributed by atoms with E-state index in [4.69, 9.17) is 0 Å². The van der Waals surface area contributed by atoms with Crippen LogP contribution in [-0.2, 0) is 12.8 Å². The van der Waals surface area contributed by atoms with Gasteiger partial charge in [0, 0.05) is 22.4 Å². The Morgan fingerprint density at radius 3 is 2.21 bits per heavy atom. The molecule has 0 N–H and O–H groups in total. The van der Waals surface area contributed by atoms with Gasteiger partial charge in [0.15, 0.2) is 0 Å². The first-order valence-electron chi connectivity index (χ1n) is 14.1. The molecule has 6 aromatic rings. The summed E-state index contributed by atoms with van der Waals surface area (Å²) >= 11 is 0. The van der Waals surface area contributed by atoms with E-state index < -0.39 is 0 Å². The SMILES string of the molecule is C1=CC2c3ccccc3CC2C(c2cccc3c2-c2cc(-n4c5ccccc5c5ccccc54)ccc2C3)=C1. The highest BCUT2D eigenvalue weighted by atomic mass is 15.0. The number of hydrogen-bond donors (Lipinski definition) is 0. The van der Waals surface area contributed by atoms with Gasteiger partial charge >= 0.3 is 0 Å². The molecule has 0 fully saturated rings. The lowest BCUT2D eigenvalue weighted by Crippen LogP contribution is -2.12. The van der Waals surface area contributed by atoms with Gasteiger partial charge < -0.3 is 4.57 Å². The van der Waals surface area contributed by atoms with Crippen molar-refractivity contribution in [3.8, 4) is 16.8 Å². The van der Waals surface area contributed by atoms with Gasteiger partial charge in [0.25, 0.3) is 0 Å². The summed E-state index contributed by atoms with van der Waals surface area (Å²) in [5, 5.41) is 2.61. The van der Waals surface area contributed by atoms with Crippen molar-refractivity contribution in [2.24, 2.45) is 5.92 Å². The summed E-state index contributed by atoms with van der Waals surface area (Å²) in [5.74, 6) is 0.977. The fourth-order valence-electron chi connectivity index (χ4n) is 7.66. The van der Waals surface area contributed by atoms with Crippen LogP contribution in [-0.4, -0.2) is 4.57 Å². The van der Waals surface area contributed by atoms with Gasteiger partial charge in [-0.2, -0.15) is 0 Å². The molecule has 1 aromatic heterocycles. The van der Waals surface area contributed by atoms with Crippen molar-refractivity contribution in [2.75, 3.05) is 0 Å². The number of aromatic nitrogens is 1. The van der Waals surface area contributed by atoms with E-state index in [1.165, 1.54) is 72.0 Å². The molecule has 0 saturated heterocycles. The van der Waals surface area contributed by atoms with E-state index in [1.54, 1.807) is 0 Å². The maximum Gasteiger partial charge on any atom is 0.0541 e. The summed E-state index contributed by atoms with van der Waals surface area (Å²) in [7, 11) is 0. The van der Waals surface area contributed by atoms with Crippen LogP contribution >= 0.6 is 0 Å². The van der Waals surface area contributed by atoms with Gasteiger partial charge in [-0.1, -0.05) is 103 Å². The minimum atomic E-state index is 0.474. The average Bonchev–Trinajstić information content (AvgIpc) is 3.66. The Bertz CT molecular complexity index is 1980. The highest BCUT2D eigenvalue weighted by molar-refractivity contribution is 6.09. The monoisotopic (exact) mass is 497 g/mol. The minimum absolute atomic E-state index is 0.474. The highest BCUT2D eigenvalue weighted by Crippen LogP contribution is 2.51. The lowest BCUT2D eigenvalue weighted by Gasteiger charge is -2.26. The standard InChI is InChI=1S/C38H27N/c1-2-11-28-24(9-1)22-35-29(28)14-8-15-30(35)33-16-7-10-26-21-25-19-20-27(23-34(25)38(26)33)39-36-17-5-3-12-31(36)32-13-4-6-18-37(32)39/h1-20,23,29,35H,21-22H2. The van der Waals surface area contributed by atoms with Crippen LogP contribution in [0.25, 0.3) is 44.2 Å². The summed E-state index contributed by atoms with van der Waals surface area (Å²) in [5.41, 5.74) is 15.4. The summed E-state index contributed by atoms with van der Waals surface area (Å²) in [6.45, 7) is 0. The fraction of sp³-hybridized carbons (Fsp3) is 0.105. The van der Waals surface area contributed by atoms with Crippen LogP contribution < -0.4 is 0 Å². The maximum absolute atomic E-state index is 2.45. The van der Waals surface area contributed by atoms with Crippen molar-refractivity contribution in [1.82, 2.24) is 4.57 Å². The van der Waals surface area contributed by atoms with Gasteiger partial charge in [0.1, 0.15) is 0 Å². The van der Waals surface area contributed by atoms with E-state index in [0.29, 0.717) is 11.8 Å². The lowest BCUT2D eigenvalue weighted by molar-refractivity contribution is 0.649. The molecule has 0 aliphatic heterocycles. The second kappa shape index (κ2) is 7.94. The van der Waals surface area contributed by atoms with Crippen molar-refractivity contribution >= 4 is 27.4 Å². The maximum atomic E-state index is 2.45. The van der Waals surface area contributed by atoms with Crippen LogP contribution in [0.5, 0.6) is 0 Å². The predicted octanol–water partition coefficient (Wildman–Crippen LogP) is 9.26. The zero-order valence-corrected chi connectivity index (χ0v) is 21.6. The molecule has 1 nitrogen and oxygen atoms in total.